The Bertz CT molecular complexity index is 2970. The molecule has 0 saturated heterocycles. The summed E-state index contributed by atoms with van der Waals surface area (Å²) in [6.45, 7) is 6.88. The van der Waals surface area contributed by atoms with E-state index in [0.29, 0.717) is 0 Å². The minimum atomic E-state index is -0.310. The molecule has 1 unspecified atom stereocenters. The first kappa shape index (κ1) is 37.1. The van der Waals surface area contributed by atoms with Gasteiger partial charge in [0.2, 0.25) is 0 Å². The average Bonchev–Trinajstić information content (AvgIpc) is 3.40. The lowest BCUT2D eigenvalue weighted by Gasteiger charge is -2.31. The second kappa shape index (κ2) is 15.5. The van der Waals surface area contributed by atoms with E-state index in [1.807, 2.05) is 0 Å². The third-order valence-corrected chi connectivity index (χ3v) is 12.8. The molecule has 7 aromatic rings. The molecule has 3 aliphatic carbocycles. The van der Waals surface area contributed by atoms with Gasteiger partial charge >= 0.3 is 0 Å². The van der Waals surface area contributed by atoms with Gasteiger partial charge < -0.3 is 4.90 Å². The van der Waals surface area contributed by atoms with Crippen molar-refractivity contribution in [2.75, 3.05) is 4.90 Å². The number of rotatable bonds is 8. The fraction of sp³-hybridized carbons (Fsp3) is 0.102. The SMILES string of the molecule is CC1=C(c2cc(C3=C=CC=C(N(c4ccc(-c5cccc(-c6ccccc6)c5)cc4)c4ccc5c(c4)C(C)(c4ccccc4)c4ccccc4-5)C=C3)ccc2C)C=CCC1. The van der Waals surface area contributed by atoms with Crippen LogP contribution in [-0.2, 0) is 5.41 Å². The first-order chi connectivity index (χ1) is 29.5. The normalized spacial score (nSPS) is 16.5. The van der Waals surface area contributed by atoms with Crippen LogP contribution in [0.25, 0.3) is 44.5 Å². The van der Waals surface area contributed by atoms with E-state index in [-0.39, 0.29) is 5.41 Å². The molecule has 0 saturated carbocycles. The topological polar surface area (TPSA) is 3.24 Å². The number of benzene rings is 7. The summed E-state index contributed by atoms with van der Waals surface area (Å²) in [6, 6.07) is 62.3. The molecule has 10 rings (SSSR count). The van der Waals surface area contributed by atoms with Crippen molar-refractivity contribution in [2.45, 2.75) is 39.0 Å². The Morgan fingerprint density at radius 1 is 0.517 bits per heavy atom. The van der Waals surface area contributed by atoms with Gasteiger partial charge in [0.1, 0.15) is 0 Å². The predicted molar refractivity (Wildman–Crippen MR) is 254 cm³/mol. The van der Waals surface area contributed by atoms with Crippen molar-refractivity contribution < 1.29 is 0 Å². The Morgan fingerprint density at radius 2 is 1.18 bits per heavy atom. The molecule has 0 fully saturated rings. The molecule has 0 aromatic heterocycles. The lowest BCUT2D eigenvalue weighted by Crippen LogP contribution is -2.23. The molecule has 288 valence electrons. The minimum Gasteiger partial charge on any atom is -0.310 e. The van der Waals surface area contributed by atoms with Crippen molar-refractivity contribution >= 4 is 22.5 Å². The van der Waals surface area contributed by atoms with E-state index in [0.717, 1.165) is 35.5 Å². The van der Waals surface area contributed by atoms with Crippen LogP contribution in [0, 0.1) is 6.92 Å². The summed E-state index contributed by atoms with van der Waals surface area (Å²) in [5.41, 5.74) is 25.6. The number of nitrogens with zero attached hydrogens (tertiary/aromatic N) is 1. The third kappa shape index (κ3) is 6.64. The van der Waals surface area contributed by atoms with Crippen molar-refractivity contribution in [1.29, 1.82) is 0 Å². The Balaban J connectivity index is 1.07. The molecule has 60 heavy (non-hydrogen) atoms. The van der Waals surface area contributed by atoms with E-state index in [1.165, 1.54) is 77.9 Å². The monoisotopic (exact) mass is 769 g/mol. The highest BCUT2D eigenvalue weighted by Crippen LogP contribution is 2.53. The highest BCUT2D eigenvalue weighted by Gasteiger charge is 2.41. The highest BCUT2D eigenvalue weighted by molar-refractivity contribution is 5.88. The van der Waals surface area contributed by atoms with Gasteiger partial charge in [0.15, 0.2) is 0 Å². The van der Waals surface area contributed by atoms with Crippen molar-refractivity contribution in [2.24, 2.45) is 0 Å². The number of allylic oxidation sites excluding steroid dienone is 8. The largest absolute Gasteiger partial charge is 0.310 e. The molecule has 0 N–H and O–H groups in total. The molecule has 1 atom stereocenters. The highest BCUT2D eigenvalue weighted by atomic mass is 15.1. The number of hydrogen-bond acceptors (Lipinski definition) is 1. The molecule has 7 aromatic carbocycles. The Labute approximate surface area is 355 Å². The number of fused-ring (bicyclic) bond motifs is 3. The fourth-order valence-electron chi connectivity index (χ4n) is 9.46. The first-order valence-corrected chi connectivity index (χ1v) is 21.1. The van der Waals surface area contributed by atoms with Crippen LogP contribution in [0.3, 0.4) is 0 Å². The van der Waals surface area contributed by atoms with Crippen molar-refractivity contribution in [3.63, 3.8) is 0 Å². The molecule has 0 radical (unpaired) electrons. The minimum absolute atomic E-state index is 0.310. The van der Waals surface area contributed by atoms with Gasteiger partial charge in [0.25, 0.3) is 0 Å². The quantitative estimate of drug-likeness (QED) is 0.139. The van der Waals surface area contributed by atoms with E-state index in [9.17, 15) is 0 Å². The molecule has 3 aliphatic rings. The Hall–Kier alpha value is -7.18. The number of anilines is 2. The summed E-state index contributed by atoms with van der Waals surface area (Å²) in [5, 5.41) is 0. The molecular weight excluding hydrogens is 723 g/mol. The fourth-order valence-corrected chi connectivity index (χ4v) is 9.46. The van der Waals surface area contributed by atoms with Crippen molar-refractivity contribution in [1.82, 2.24) is 0 Å². The second-order valence-electron chi connectivity index (χ2n) is 16.4. The average molecular weight is 770 g/mol. The van der Waals surface area contributed by atoms with Gasteiger partial charge in [-0.25, -0.2) is 0 Å². The number of aryl methyl sites for hydroxylation is 1. The maximum absolute atomic E-state index is 3.65. The molecule has 0 aliphatic heterocycles. The van der Waals surface area contributed by atoms with Crippen LogP contribution in [-0.4, -0.2) is 0 Å². The van der Waals surface area contributed by atoms with Crippen molar-refractivity contribution in [3.05, 3.63) is 257 Å². The van der Waals surface area contributed by atoms with Gasteiger partial charge in [0.05, 0.1) is 0 Å². The summed E-state index contributed by atoms with van der Waals surface area (Å²) in [5.74, 6) is 0. The van der Waals surface area contributed by atoms with E-state index in [2.05, 4.69) is 238 Å². The van der Waals surface area contributed by atoms with Crippen LogP contribution in [0.1, 0.15) is 60.1 Å². The number of hydrogen-bond donors (Lipinski definition) is 0. The second-order valence-corrected chi connectivity index (χ2v) is 16.4. The van der Waals surface area contributed by atoms with Gasteiger partial charge in [-0.15, -0.1) is 5.73 Å². The van der Waals surface area contributed by atoms with Gasteiger partial charge in [-0.1, -0.05) is 151 Å². The third-order valence-electron chi connectivity index (χ3n) is 12.8. The molecule has 0 amide bonds. The summed E-state index contributed by atoms with van der Waals surface area (Å²) in [7, 11) is 0. The Kier molecular flexibility index (Phi) is 9.61. The van der Waals surface area contributed by atoms with E-state index in [4.69, 9.17) is 0 Å². The van der Waals surface area contributed by atoms with Crippen LogP contribution < -0.4 is 4.90 Å². The maximum Gasteiger partial charge on any atom is 0.0468 e. The summed E-state index contributed by atoms with van der Waals surface area (Å²) in [6.07, 6.45) is 15.6. The molecule has 0 bridgehead atoms. The summed E-state index contributed by atoms with van der Waals surface area (Å²) < 4.78 is 0. The van der Waals surface area contributed by atoms with Crippen LogP contribution in [0.5, 0.6) is 0 Å². The van der Waals surface area contributed by atoms with Crippen LogP contribution >= 0.6 is 0 Å². The summed E-state index contributed by atoms with van der Waals surface area (Å²) >= 11 is 0. The van der Waals surface area contributed by atoms with Gasteiger partial charge in [-0.2, -0.15) is 0 Å². The predicted octanol–water partition coefficient (Wildman–Crippen LogP) is 15.6. The summed E-state index contributed by atoms with van der Waals surface area (Å²) in [4.78, 5) is 2.40. The molecule has 1 heteroatoms. The van der Waals surface area contributed by atoms with E-state index >= 15 is 0 Å². The van der Waals surface area contributed by atoms with Crippen LogP contribution in [0.2, 0.25) is 0 Å². The van der Waals surface area contributed by atoms with Gasteiger partial charge in [-0.3, -0.25) is 0 Å². The van der Waals surface area contributed by atoms with Crippen LogP contribution in [0.15, 0.2) is 223 Å². The smallest absolute Gasteiger partial charge is 0.0468 e. The zero-order valence-electron chi connectivity index (χ0n) is 34.5. The van der Waals surface area contributed by atoms with E-state index < -0.39 is 0 Å². The zero-order chi connectivity index (χ0) is 40.6. The lowest BCUT2D eigenvalue weighted by atomic mass is 9.74. The lowest BCUT2D eigenvalue weighted by molar-refractivity contribution is 0.714. The molecule has 1 nitrogen and oxygen atoms in total. The molecule has 0 spiro atoms. The zero-order valence-corrected chi connectivity index (χ0v) is 34.5. The van der Waals surface area contributed by atoms with Gasteiger partial charge in [-0.05, 0) is 167 Å². The van der Waals surface area contributed by atoms with E-state index in [1.54, 1.807) is 0 Å². The van der Waals surface area contributed by atoms with Crippen LogP contribution in [0.4, 0.5) is 11.4 Å². The standard InChI is InChI=1S/C59H47N/c1-41-16-10-11-25-53(41)56-39-48(29-28-42(56)2)44-19-15-24-50(33-30-44)60(51-34-31-45(32-35-51)47-21-14-20-46(38-47)43-17-6-4-7-18-43)52-36-37-55-54-26-12-13-27-57(54)59(3,58(55)40-52)49-22-8-5-9-23-49/h4-9,11-15,17-18,20-40H,10,16H2,1-3H3. The molecule has 0 heterocycles. The van der Waals surface area contributed by atoms with Crippen molar-refractivity contribution in [3.8, 4) is 33.4 Å². The molecular formula is C59H47N. The Morgan fingerprint density at radius 3 is 1.97 bits per heavy atom. The maximum atomic E-state index is 3.65. The first-order valence-electron chi connectivity index (χ1n) is 21.1. The van der Waals surface area contributed by atoms with Gasteiger partial charge in [0, 0.05) is 28.1 Å².